The molecule has 4 nitrogen and oxygen atoms in total. The lowest BCUT2D eigenvalue weighted by Crippen LogP contribution is -2.42. The van der Waals surface area contributed by atoms with Crippen molar-refractivity contribution in [3.63, 3.8) is 0 Å². The molecule has 2 aliphatic rings. The average molecular weight is 407 g/mol. The van der Waals surface area contributed by atoms with Gasteiger partial charge in [0.05, 0.1) is 12.1 Å². The van der Waals surface area contributed by atoms with Gasteiger partial charge in [-0.15, -0.1) is 0 Å². The molecule has 27 heavy (non-hydrogen) atoms. The average Bonchev–Trinajstić information content (AvgIpc) is 2.70. The van der Waals surface area contributed by atoms with E-state index >= 15 is 0 Å². The molecule has 0 N–H and O–H groups in total. The number of piperidine rings is 1. The van der Waals surface area contributed by atoms with E-state index in [0.29, 0.717) is 17.4 Å². The van der Waals surface area contributed by atoms with E-state index in [1.807, 2.05) is 24.3 Å². The van der Waals surface area contributed by atoms with Crippen molar-refractivity contribution in [3.8, 4) is 17.2 Å². The molecule has 2 aromatic carbocycles. The first-order chi connectivity index (χ1) is 13.2. The lowest BCUT2D eigenvalue weighted by molar-refractivity contribution is 0.371. The summed E-state index contributed by atoms with van der Waals surface area (Å²) in [7, 11) is 1.48. The highest BCUT2D eigenvalue weighted by Gasteiger charge is 2.29. The minimum Gasteiger partial charge on any atom is -0.495 e. The molecule has 142 valence electrons. The van der Waals surface area contributed by atoms with Crippen LogP contribution >= 0.6 is 23.5 Å². The Balaban J connectivity index is 1.54. The third kappa shape index (κ3) is 3.87. The molecule has 1 atom stereocenters. The maximum absolute atomic E-state index is 14.1. The summed E-state index contributed by atoms with van der Waals surface area (Å²) < 4.78 is 29.6. The second-order valence-corrected chi connectivity index (χ2v) is 7.81. The molecule has 0 radical (unpaired) electrons. The van der Waals surface area contributed by atoms with E-state index in [0.717, 1.165) is 25.3 Å². The van der Waals surface area contributed by atoms with Crippen LogP contribution in [0.3, 0.4) is 0 Å². The van der Waals surface area contributed by atoms with Crippen LogP contribution in [0.5, 0.6) is 17.2 Å². The minimum absolute atomic E-state index is 0.0842. The largest absolute Gasteiger partial charge is 0.495 e. The molecule has 2 heterocycles. The van der Waals surface area contributed by atoms with Gasteiger partial charge < -0.3 is 14.4 Å². The van der Waals surface area contributed by atoms with Crippen LogP contribution in [0, 0.1) is 5.82 Å². The standard InChI is InChI=1S/C20H20ClFN2O2S/c1-25-18-12-19(17(22)11-16(18)21)26-14-6-4-13(5-7-14)15-3-2-8-24-9-10-27-23-20(15)24/h4-7,11-12,15H,2-3,8-10H2,1H3/t15-/m0/s1. The van der Waals surface area contributed by atoms with Gasteiger partial charge in [0.2, 0.25) is 0 Å². The number of benzene rings is 2. The zero-order valence-corrected chi connectivity index (χ0v) is 16.5. The summed E-state index contributed by atoms with van der Waals surface area (Å²) in [6.45, 7) is 2.16. The molecule has 0 unspecified atom stereocenters. The number of fused-ring (bicyclic) bond motifs is 1. The lowest BCUT2D eigenvalue weighted by Gasteiger charge is -2.37. The molecule has 4 rings (SSSR count). The van der Waals surface area contributed by atoms with Gasteiger partial charge >= 0.3 is 0 Å². The van der Waals surface area contributed by atoms with Gasteiger partial charge in [-0.1, -0.05) is 23.7 Å². The first-order valence-electron chi connectivity index (χ1n) is 8.91. The van der Waals surface area contributed by atoms with Crippen molar-refractivity contribution < 1.29 is 13.9 Å². The fourth-order valence-corrected chi connectivity index (χ4v) is 4.51. The van der Waals surface area contributed by atoms with E-state index in [4.69, 9.17) is 25.5 Å². The zero-order valence-electron chi connectivity index (χ0n) is 15.0. The molecule has 0 amide bonds. The Kier molecular flexibility index (Phi) is 5.45. The van der Waals surface area contributed by atoms with Gasteiger partial charge in [-0.3, -0.25) is 0 Å². The summed E-state index contributed by atoms with van der Waals surface area (Å²) >= 11 is 7.58. The summed E-state index contributed by atoms with van der Waals surface area (Å²) in [6, 6.07) is 10.5. The van der Waals surface area contributed by atoms with E-state index in [1.165, 1.54) is 37.1 Å². The van der Waals surface area contributed by atoms with Crippen molar-refractivity contribution in [3.05, 3.63) is 52.8 Å². The highest BCUT2D eigenvalue weighted by atomic mass is 35.5. The molecule has 1 saturated heterocycles. The Hall–Kier alpha value is -1.92. The molecule has 0 aromatic heterocycles. The molecule has 0 bridgehead atoms. The predicted octanol–water partition coefficient (Wildman–Crippen LogP) is 5.52. The normalized spacial score (nSPS) is 19.3. The Bertz CT molecular complexity index is 860. The number of hydrogen-bond acceptors (Lipinski definition) is 5. The summed E-state index contributed by atoms with van der Waals surface area (Å²) in [5.41, 5.74) is 1.21. The molecule has 2 aromatic rings. The van der Waals surface area contributed by atoms with E-state index < -0.39 is 5.82 Å². The molecule has 0 saturated carbocycles. The number of methoxy groups -OCH3 is 1. The fraction of sp³-hybridized carbons (Fsp3) is 0.350. The van der Waals surface area contributed by atoms with Crippen molar-refractivity contribution in [2.45, 2.75) is 18.8 Å². The minimum atomic E-state index is -0.526. The van der Waals surface area contributed by atoms with Gasteiger partial charge in [-0.05, 0) is 42.5 Å². The van der Waals surface area contributed by atoms with E-state index in [9.17, 15) is 4.39 Å². The topological polar surface area (TPSA) is 34.1 Å². The first-order valence-corrected chi connectivity index (χ1v) is 10.2. The summed E-state index contributed by atoms with van der Waals surface area (Å²) in [5, 5.41) is 0.214. The molecule has 1 fully saturated rings. The Morgan fingerprint density at radius 2 is 2.00 bits per heavy atom. The Morgan fingerprint density at radius 1 is 1.19 bits per heavy atom. The molecule has 0 aliphatic carbocycles. The van der Waals surface area contributed by atoms with Gasteiger partial charge in [-0.2, -0.15) is 0 Å². The number of amidine groups is 1. The van der Waals surface area contributed by atoms with Crippen molar-refractivity contribution in [2.75, 3.05) is 26.0 Å². The summed E-state index contributed by atoms with van der Waals surface area (Å²) in [6.07, 6.45) is 2.27. The van der Waals surface area contributed by atoms with Gasteiger partial charge in [0, 0.05) is 36.9 Å². The summed E-state index contributed by atoms with van der Waals surface area (Å²) in [5.74, 6) is 3.04. The Morgan fingerprint density at radius 3 is 2.78 bits per heavy atom. The number of ether oxygens (including phenoxy) is 2. The number of halogens is 2. The van der Waals surface area contributed by atoms with Crippen LogP contribution in [-0.2, 0) is 0 Å². The number of hydrogen-bond donors (Lipinski definition) is 0. The maximum Gasteiger partial charge on any atom is 0.167 e. The Labute approximate surface area is 167 Å². The van der Waals surface area contributed by atoms with Gasteiger partial charge in [0.15, 0.2) is 11.6 Å². The van der Waals surface area contributed by atoms with Crippen molar-refractivity contribution in [1.29, 1.82) is 0 Å². The highest BCUT2D eigenvalue weighted by Crippen LogP contribution is 2.36. The quantitative estimate of drug-likeness (QED) is 0.626. The monoisotopic (exact) mass is 406 g/mol. The van der Waals surface area contributed by atoms with E-state index in [1.54, 1.807) is 11.9 Å². The van der Waals surface area contributed by atoms with Crippen LogP contribution < -0.4 is 9.47 Å². The highest BCUT2D eigenvalue weighted by molar-refractivity contribution is 7.98. The molecule has 2 aliphatic heterocycles. The molecular formula is C20H20ClFN2O2S. The fourth-order valence-electron chi connectivity index (χ4n) is 3.52. The second-order valence-electron chi connectivity index (χ2n) is 6.55. The number of nitrogens with zero attached hydrogens (tertiary/aromatic N) is 2. The molecule has 7 heteroatoms. The van der Waals surface area contributed by atoms with Crippen LogP contribution in [0.15, 0.2) is 40.8 Å². The van der Waals surface area contributed by atoms with Crippen LogP contribution in [0.1, 0.15) is 24.3 Å². The van der Waals surface area contributed by atoms with Crippen LogP contribution in [0.2, 0.25) is 5.02 Å². The third-order valence-electron chi connectivity index (χ3n) is 4.88. The second kappa shape index (κ2) is 7.98. The summed E-state index contributed by atoms with van der Waals surface area (Å²) in [4.78, 5) is 2.39. The molecule has 0 spiro atoms. The maximum atomic E-state index is 14.1. The first kappa shape index (κ1) is 18.4. The van der Waals surface area contributed by atoms with Gasteiger partial charge in [0.25, 0.3) is 0 Å². The van der Waals surface area contributed by atoms with E-state index in [-0.39, 0.29) is 10.8 Å². The van der Waals surface area contributed by atoms with Gasteiger partial charge in [0.1, 0.15) is 17.3 Å². The lowest BCUT2D eigenvalue weighted by atomic mass is 9.89. The van der Waals surface area contributed by atoms with Gasteiger partial charge in [-0.25, -0.2) is 8.79 Å². The number of rotatable bonds is 4. The van der Waals surface area contributed by atoms with E-state index in [2.05, 4.69) is 4.90 Å². The van der Waals surface area contributed by atoms with Crippen LogP contribution in [-0.4, -0.2) is 36.7 Å². The molecular weight excluding hydrogens is 387 g/mol. The predicted molar refractivity (Wildman–Crippen MR) is 108 cm³/mol. The third-order valence-corrected chi connectivity index (χ3v) is 5.86. The van der Waals surface area contributed by atoms with Crippen LogP contribution in [0.4, 0.5) is 4.39 Å². The zero-order chi connectivity index (χ0) is 18.8. The van der Waals surface area contributed by atoms with Crippen molar-refractivity contribution in [1.82, 2.24) is 4.90 Å². The SMILES string of the molecule is COc1cc(Oc2ccc([C@@H]3CCCN4CCSN=C34)cc2)c(F)cc1Cl. The van der Waals surface area contributed by atoms with Crippen molar-refractivity contribution >= 4 is 29.4 Å². The van der Waals surface area contributed by atoms with Crippen LogP contribution in [0.25, 0.3) is 0 Å². The van der Waals surface area contributed by atoms with Crippen molar-refractivity contribution in [2.24, 2.45) is 4.40 Å². The smallest absolute Gasteiger partial charge is 0.167 e.